The highest BCUT2D eigenvalue weighted by atomic mass is 32.1. The van der Waals surface area contributed by atoms with Gasteiger partial charge in [-0.15, -0.1) is 11.3 Å². The molecule has 0 saturated carbocycles. The fourth-order valence-corrected chi connectivity index (χ4v) is 3.15. The fraction of sp³-hybridized carbons (Fsp3) is 0.316. The van der Waals surface area contributed by atoms with E-state index in [-0.39, 0.29) is 24.3 Å². The molecule has 26 heavy (non-hydrogen) atoms. The Hall–Kier alpha value is -2.67. The number of amides is 3. The lowest BCUT2D eigenvalue weighted by molar-refractivity contribution is -0.131. The summed E-state index contributed by atoms with van der Waals surface area (Å²) in [5.41, 5.74) is 0.783. The van der Waals surface area contributed by atoms with Crippen LogP contribution in [0.2, 0.25) is 0 Å². The molecule has 0 radical (unpaired) electrons. The first-order chi connectivity index (χ1) is 12.5. The van der Waals surface area contributed by atoms with Gasteiger partial charge in [-0.1, -0.05) is 18.2 Å². The van der Waals surface area contributed by atoms with Gasteiger partial charge in [-0.25, -0.2) is 0 Å². The van der Waals surface area contributed by atoms with Crippen LogP contribution in [0.15, 0.2) is 41.8 Å². The van der Waals surface area contributed by atoms with Crippen LogP contribution in [0.25, 0.3) is 0 Å². The molecular weight excluding hydrogens is 350 g/mol. The summed E-state index contributed by atoms with van der Waals surface area (Å²) in [7, 11) is 1.58. The molecule has 1 heterocycles. The number of benzene rings is 1. The van der Waals surface area contributed by atoms with Crippen LogP contribution in [0.4, 0.5) is 5.69 Å². The Morgan fingerprint density at radius 3 is 2.35 bits per heavy atom. The second-order valence-corrected chi connectivity index (χ2v) is 6.65. The van der Waals surface area contributed by atoms with Crippen molar-refractivity contribution >= 4 is 34.7 Å². The Kier molecular flexibility index (Phi) is 6.91. The molecule has 0 saturated heterocycles. The molecule has 1 N–H and O–H groups in total. The van der Waals surface area contributed by atoms with E-state index < -0.39 is 0 Å². The zero-order chi connectivity index (χ0) is 19.1. The topological polar surface area (TPSA) is 69.7 Å². The van der Waals surface area contributed by atoms with Gasteiger partial charge in [0.15, 0.2) is 0 Å². The van der Waals surface area contributed by atoms with E-state index in [4.69, 9.17) is 0 Å². The minimum absolute atomic E-state index is 0.00623. The predicted octanol–water partition coefficient (Wildman–Crippen LogP) is 2.94. The minimum Gasteiger partial charge on any atom is -0.342 e. The molecule has 1 aromatic carbocycles. The summed E-state index contributed by atoms with van der Waals surface area (Å²) < 4.78 is 0. The number of carbonyl (C=O) groups is 3. The summed E-state index contributed by atoms with van der Waals surface area (Å²) in [6, 6.07) is 10.3. The molecule has 0 bridgehead atoms. The van der Waals surface area contributed by atoms with Crippen molar-refractivity contribution in [1.82, 2.24) is 9.80 Å². The first kappa shape index (κ1) is 19.7. The molecule has 2 aromatic rings. The van der Waals surface area contributed by atoms with Crippen LogP contribution in [-0.4, -0.2) is 54.2 Å². The molecule has 0 spiro atoms. The van der Waals surface area contributed by atoms with Crippen LogP contribution in [0.3, 0.4) is 0 Å². The molecular formula is C19H23N3O3S. The summed E-state index contributed by atoms with van der Waals surface area (Å²) in [4.78, 5) is 40.9. The van der Waals surface area contributed by atoms with Gasteiger partial charge >= 0.3 is 0 Å². The van der Waals surface area contributed by atoms with E-state index in [1.807, 2.05) is 19.2 Å². The van der Waals surface area contributed by atoms with E-state index in [9.17, 15) is 14.4 Å². The molecule has 7 heteroatoms. The first-order valence-corrected chi connectivity index (χ1v) is 9.33. The second kappa shape index (κ2) is 9.15. The number of anilines is 1. The summed E-state index contributed by atoms with van der Waals surface area (Å²) in [5.74, 6) is -0.680. The number of para-hydroxylation sites is 1. The summed E-state index contributed by atoms with van der Waals surface area (Å²) in [6.07, 6.45) is 0. The maximum atomic E-state index is 12.8. The van der Waals surface area contributed by atoms with Gasteiger partial charge in [0.2, 0.25) is 5.91 Å². The van der Waals surface area contributed by atoms with Crippen molar-refractivity contribution in [3.63, 3.8) is 0 Å². The van der Waals surface area contributed by atoms with Crippen LogP contribution in [0.1, 0.15) is 33.9 Å². The Labute approximate surface area is 157 Å². The zero-order valence-corrected chi connectivity index (χ0v) is 16.0. The van der Waals surface area contributed by atoms with E-state index in [0.717, 1.165) is 0 Å². The lowest BCUT2D eigenvalue weighted by Gasteiger charge is -2.24. The van der Waals surface area contributed by atoms with E-state index in [0.29, 0.717) is 29.2 Å². The number of carbonyl (C=O) groups excluding carboxylic acids is 3. The maximum Gasteiger partial charge on any atom is 0.265 e. The molecule has 3 amide bonds. The predicted molar refractivity (Wildman–Crippen MR) is 104 cm³/mol. The van der Waals surface area contributed by atoms with Crippen molar-refractivity contribution in [3.05, 3.63) is 52.2 Å². The highest BCUT2D eigenvalue weighted by molar-refractivity contribution is 7.12. The Balaban J connectivity index is 2.13. The third-order valence-electron chi connectivity index (χ3n) is 3.99. The van der Waals surface area contributed by atoms with Crippen molar-refractivity contribution in [2.24, 2.45) is 0 Å². The molecule has 0 fully saturated rings. The molecule has 0 aliphatic heterocycles. The van der Waals surface area contributed by atoms with Crippen molar-refractivity contribution in [3.8, 4) is 0 Å². The monoisotopic (exact) mass is 373 g/mol. The zero-order valence-electron chi connectivity index (χ0n) is 15.2. The van der Waals surface area contributed by atoms with Crippen LogP contribution >= 0.6 is 11.3 Å². The van der Waals surface area contributed by atoms with Gasteiger partial charge in [-0.2, -0.15) is 0 Å². The summed E-state index contributed by atoms with van der Waals surface area (Å²) in [5, 5.41) is 4.59. The fourth-order valence-electron chi connectivity index (χ4n) is 2.53. The van der Waals surface area contributed by atoms with E-state index in [1.165, 1.54) is 16.2 Å². The maximum absolute atomic E-state index is 12.8. The smallest absolute Gasteiger partial charge is 0.265 e. The Bertz CT molecular complexity index is 770. The molecule has 6 nitrogen and oxygen atoms in total. The number of nitrogens with one attached hydrogen (secondary N) is 1. The molecule has 1 aromatic heterocycles. The third kappa shape index (κ3) is 4.70. The number of hydrogen-bond donors (Lipinski definition) is 1. The molecule has 0 atom stereocenters. The number of nitrogens with zero attached hydrogens (tertiary/aromatic N) is 2. The number of thiophene rings is 1. The van der Waals surface area contributed by atoms with Crippen molar-refractivity contribution in [1.29, 1.82) is 0 Å². The van der Waals surface area contributed by atoms with Gasteiger partial charge in [-0.3, -0.25) is 14.4 Å². The molecule has 0 aliphatic carbocycles. The van der Waals surface area contributed by atoms with Gasteiger partial charge in [0.05, 0.1) is 22.7 Å². The Morgan fingerprint density at radius 1 is 1.04 bits per heavy atom. The van der Waals surface area contributed by atoms with Gasteiger partial charge in [0.25, 0.3) is 11.8 Å². The van der Waals surface area contributed by atoms with Crippen molar-refractivity contribution in [2.75, 3.05) is 32.0 Å². The van der Waals surface area contributed by atoms with Gasteiger partial charge < -0.3 is 15.1 Å². The lowest BCUT2D eigenvalue weighted by atomic mass is 10.1. The van der Waals surface area contributed by atoms with Crippen LogP contribution in [0, 0.1) is 0 Å². The van der Waals surface area contributed by atoms with Crippen molar-refractivity contribution in [2.45, 2.75) is 13.8 Å². The number of rotatable bonds is 7. The standard InChI is InChI=1S/C19H23N3O3S/c1-4-22(5-2)17(23)13-21(3)19(25)14-9-6-7-10-15(14)20-18(24)16-11-8-12-26-16/h6-12H,4-5,13H2,1-3H3,(H,20,24). The quantitative estimate of drug-likeness (QED) is 0.811. The van der Waals surface area contributed by atoms with E-state index >= 15 is 0 Å². The average molecular weight is 373 g/mol. The van der Waals surface area contributed by atoms with Crippen LogP contribution < -0.4 is 5.32 Å². The SMILES string of the molecule is CCN(CC)C(=O)CN(C)C(=O)c1ccccc1NC(=O)c1cccs1. The second-order valence-electron chi connectivity index (χ2n) is 5.70. The number of likely N-dealkylation sites (N-methyl/N-ethyl adjacent to an activating group) is 2. The lowest BCUT2D eigenvalue weighted by Crippen LogP contribution is -2.41. The highest BCUT2D eigenvalue weighted by Gasteiger charge is 2.21. The van der Waals surface area contributed by atoms with Gasteiger partial charge in [-0.05, 0) is 37.4 Å². The Morgan fingerprint density at radius 2 is 1.73 bits per heavy atom. The summed E-state index contributed by atoms with van der Waals surface area (Å²) in [6.45, 7) is 5.00. The molecule has 0 unspecified atom stereocenters. The minimum atomic E-state index is -0.312. The van der Waals surface area contributed by atoms with Crippen molar-refractivity contribution < 1.29 is 14.4 Å². The van der Waals surface area contributed by atoms with Gasteiger partial charge in [0, 0.05) is 20.1 Å². The third-order valence-corrected chi connectivity index (χ3v) is 4.85. The van der Waals surface area contributed by atoms with Crippen LogP contribution in [0.5, 0.6) is 0 Å². The van der Waals surface area contributed by atoms with Gasteiger partial charge in [0.1, 0.15) is 0 Å². The largest absolute Gasteiger partial charge is 0.342 e. The molecule has 2 rings (SSSR count). The normalized spacial score (nSPS) is 10.3. The highest BCUT2D eigenvalue weighted by Crippen LogP contribution is 2.19. The average Bonchev–Trinajstić information content (AvgIpc) is 3.17. The van der Waals surface area contributed by atoms with Crippen LogP contribution in [-0.2, 0) is 4.79 Å². The van der Waals surface area contributed by atoms with E-state index in [2.05, 4.69) is 5.32 Å². The first-order valence-electron chi connectivity index (χ1n) is 8.45. The molecule has 138 valence electrons. The number of hydrogen-bond acceptors (Lipinski definition) is 4. The molecule has 0 aliphatic rings. The summed E-state index contributed by atoms with van der Waals surface area (Å²) >= 11 is 1.33. The van der Waals surface area contributed by atoms with E-state index in [1.54, 1.807) is 48.3 Å².